The molecule has 2 aromatic rings. The summed E-state index contributed by atoms with van der Waals surface area (Å²) in [6, 6.07) is 6.09. The number of nitrogens with one attached hydrogen (secondary N) is 1. The monoisotopic (exact) mass is 389 g/mol. The van der Waals surface area contributed by atoms with Crippen molar-refractivity contribution in [2.45, 2.75) is 20.8 Å². The van der Waals surface area contributed by atoms with E-state index in [0.29, 0.717) is 22.1 Å². The lowest BCUT2D eigenvalue weighted by molar-refractivity contribution is -0.113. The molecule has 0 fully saturated rings. The molecule has 0 saturated carbocycles. The second-order valence-electron chi connectivity index (χ2n) is 5.74. The number of hydrogen-bond donors (Lipinski definition) is 1. The van der Waals surface area contributed by atoms with E-state index < -0.39 is 5.97 Å². The Hall–Kier alpha value is -2.05. The van der Waals surface area contributed by atoms with Crippen LogP contribution < -0.4 is 5.32 Å². The molecule has 0 aliphatic heterocycles. The van der Waals surface area contributed by atoms with Crippen molar-refractivity contribution in [3.8, 4) is 11.1 Å². The number of carbonyl (C=O) groups excluding carboxylic acids is 2. The molecule has 2 rings (SSSR count). The number of anilines is 1. The number of ether oxygens (including phenoxy) is 1. The van der Waals surface area contributed by atoms with Crippen LogP contribution in [0.15, 0.2) is 36.2 Å². The SMILES string of the molecule is C=CCSCC(=O)Nc1scc(-c2ccc(C)cc2C)c1C(=O)OCC. The fourth-order valence-corrected chi connectivity index (χ4v) is 4.07. The van der Waals surface area contributed by atoms with Crippen molar-refractivity contribution < 1.29 is 14.3 Å². The van der Waals surface area contributed by atoms with Crippen LogP contribution in [0.2, 0.25) is 0 Å². The number of carbonyl (C=O) groups is 2. The van der Waals surface area contributed by atoms with E-state index in [1.54, 1.807) is 13.0 Å². The Morgan fingerprint density at radius 3 is 2.73 bits per heavy atom. The molecule has 1 aromatic carbocycles. The Morgan fingerprint density at radius 2 is 2.08 bits per heavy atom. The van der Waals surface area contributed by atoms with Crippen LogP contribution in [0.3, 0.4) is 0 Å². The molecule has 0 bridgehead atoms. The van der Waals surface area contributed by atoms with E-state index >= 15 is 0 Å². The molecule has 0 unspecified atom stereocenters. The molecule has 0 radical (unpaired) electrons. The zero-order valence-electron chi connectivity index (χ0n) is 15.3. The van der Waals surface area contributed by atoms with Gasteiger partial charge in [-0.3, -0.25) is 4.79 Å². The highest BCUT2D eigenvalue weighted by Crippen LogP contribution is 2.38. The predicted molar refractivity (Wildman–Crippen MR) is 111 cm³/mol. The number of esters is 1. The summed E-state index contributed by atoms with van der Waals surface area (Å²) in [7, 11) is 0. The van der Waals surface area contributed by atoms with E-state index in [-0.39, 0.29) is 12.5 Å². The van der Waals surface area contributed by atoms with Gasteiger partial charge in [0, 0.05) is 16.7 Å². The summed E-state index contributed by atoms with van der Waals surface area (Å²) in [6.07, 6.45) is 1.76. The number of hydrogen-bond acceptors (Lipinski definition) is 5. The summed E-state index contributed by atoms with van der Waals surface area (Å²) in [5.74, 6) is 0.454. The topological polar surface area (TPSA) is 55.4 Å². The third kappa shape index (κ3) is 4.99. The molecule has 138 valence electrons. The molecule has 0 spiro atoms. The number of rotatable bonds is 8. The minimum absolute atomic E-state index is 0.142. The second kappa shape index (κ2) is 9.59. The minimum Gasteiger partial charge on any atom is -0.462 e. The lowest BCUT2D eigenvalue weighted by Gasteiger charge is -2.10. The molecule has 4 nitrogen and oxygen atoms in total. The fourth-order valence-electron chi connectivity index (χ4n) is 2.57. The van der Waals surface area contributed by atoms with Crippen LogP contribution in [0.1, 0.15) is 28.4 Å². The van der Waals surface area contributed by atoms with Crippen molar-refractivity contribution in [2.75, 3.05) is 23.4 Å². The van der Waals surface area contributed by atoms with Crippen LogP contribution in [-0.4, -0.2) is 30.0 Å². The largest absolute Gasteiger partial charge is 0.462 e. The molecule has 0 aliphatic carbocycles. The van der Waals surface area contributed by atoms with Gasteiger partial charge in [-0.2, -0.15) is 0 Å². The van der Waals surface area contributed by atoms with Gasteiger partial charge >= 0.3 is 5.97 Å². The standard InChI is InChI=1S/C20H23NO3S2/c1-5-9-25-12-17(22)21-19-18(20(23)24-6-2)16(11-26-19)15-8-7-13(3)10-14(15)4/h5,7-8,10-11H,1,6,9,12H2,2-4H3,(H,21,22). The maximum Gasteiger partial charge on any atom is 0.341 e. The lowest BCUT2D eigenvalue weighted by Crippen LogP contribution is -2.16. The van der Waals surface area contributed by atoms with E-state index in [9.17, 15) is 9.59 Å². The van der Waals surface area contributed by atoms with Gasteiger partial charge in [0.1, 0.15) is 10.6 Å². The van der Waals surface area contributed by atoms with Gasteiger partial charge in [-0.25, -0.2) is 4.79 Å². The highest BCUT2D eigenvalue weighted by atomic mass is 32.2. The highest BCUT2D eigenvalue weighted by molar-refractivity contribution is 8.00. The molecule has 0 atom stereocenters. The van der Waals surface area contributed by atoms with Gasteiger partial charge in [0.2, 0.25) is 5.91 Å². The van der Waals surface area contributed by atoms with Gasteiger partial charge in [-0.15, -0.1) is 29.7 Å². The summed E-state index contributed by atoms with van der Waals surface area (Å²) < 4.78 is 5.23. The van der Waals surface area contributed by atoms with Crippen molar-refractivity contribution >= 4 is 40.0 Å². The average Bonchev–Trinajstić information content (AvgIpc) is 2.98. The number of thiophene rings is 1. The first-order valence-electron chi connectivity index (χ1n) is 8.32. The number of aryl methyl sites for hydroxylation is 2. The molecule has 0 saturated heterocycles. The van der Waals surface area contributed by atoms with Gasteiger partial charge in [-0.1, -0.05) is 29.8 Å². The van der Waals surface area contributed by atoms with Crippen LogP contribution in [0.4, 0.5) is 5.00 Å². The summed E-state index contributed by atoms with van der Waals surface area (Å²) >= 11 is 2.81. The predicted octanol–water partition coefficient (Wildman–Crippen LogP) is 5.07. The average molecular weight is 390 g/mol. The normalized spacial score (nSPS) is 10.4. The third-order valence-corrected chi connectivity index (χ3v) is 5.50. The summed E-state index contributed by atoms with van der Waals surface area (Å²) in [5, 5.41) is 5.28. The van der Waals surface area contributed by atoms with Crippen molar-refractivity contribution in [1.29, 1.82) is 0 Å². The zero-order chi connectivity index (χ0) is 19.1. The molecule has 6 heteroatoms. The van der Waals surface area contributed by atoms with Crippen molar-refractivity contribution in [3.63, 3.8) is 0 Å². The van der Waals surface area contributed by atoms with Crippen molar-refractivity contribution in [1.82, 2.24) is 0 Å². The van der Waals surface area contributed by atoms with Gasteiger partial charge in [0.05, 0.1) is 12.4 Å². The minimum atomic E-state index is -0.419. The Balaban J connectivity index is 2.37. The molecule has 1 N–H and O–H groups in total. The first-order valence-corrected chi connectivity index (χ1v) is 10.4. The molecule has 1 amide bonds. The Kier molecular flexibility index (Phi) is 7.48. The molecular formula is C20H23NO3S2. The number of benzene rings is 1. The molecular weight excluding hydrogens is 366 g/mol. The lowest BCUT2D eigenvalue weighted by atomic mass is 9.97. The van der Waals surface area contributed by atoms with Crippen LogP contribution in [0, 0.1) is 13.8 Å². The molecule has 26 heavy (non-hydrogen) atoms. The zero-order valence-corrected chi connectivity index (χ0v) is 16.9. The maximum absolute atomic E-state index is 12.6. The first kappa shape index (κ1) is 20.3. The highest BCUT2D eigenvalue weighted by Gasteiger charge is 2.23. The maximum atomic E-state index is 12.6. The van der Waals surface area contributed by atoms with E-state index in [4.69, 9.17) is 4.74 Å². The molecule has 1 aromatic heterocycles. The quantitative estimate of drug-likeness (QED) is 0.389. The van der Waals surface area contributed by atoms with Gasteiger partial charge in [0.25, 0.3) is 0 Å². The van der Waals surface area contributed by atoms with E-state index in [0.717, 1.165) is 22.3 Å². The first-order chi connectivity index (χ1) is 12.5. The number of thioether (sulfide) groups is 1. The van der Waals surface area contributed by atoms with E-state index in [1.807, 2.05) is 31.4 Å². The summed E-state index contributed by atoms with van der Waals surface area (Å²) in [4.78, 5) is 24.7. The molecule has 0 aliphatic rings. The van der Waals surface area contributed by atoms with Gasteiger partial charge in [0.15, 0.2) is 0 Å². The Bertz CT molecular complexity index is 811. The van der Waals surface area contributed by atoms with E-state index in [2.05, 4.69) is 18.0 Å². The molecule has 1 heterocycles. The van der Waals surface area contributed by atoms with Crippen LogP contribution in [0.25, 0.3) is 11.1 Å². The summed E-state index contributed by atoms with van der Waals surface area (Å²) in [6.45, 7) is 9.73. The van der Waals surface area contributed by atoms with Gasteiger partial charge < -0.3 is 10.1 Å². The Morgan fingerprint density at radius 1 is 1.31 bits per heavy atom. The summed E-state index contributed by atoms with van der Waals surface area (Å²) in [5.41, 5.74) is 4.42. The number of amides is 1. The van der Waals surface area contributed by atoms with Crippen LogP contribution in [0.5, 0.6) is 0 Å². The Labute approximate surface area is 162 Å². The van der Waals surface area contributed by atoms with Crippen molar-refractivity contribution in [3.05, 3.63) is 52.9 Å². The smallest absolute Gasteiger partial charge is 0.341 e. The van der Waals surface area contributed by atoms with Gasteiger partial charge in [-0.05, 0) is 31.9 Å². The van der Waals surface area contributed by atoms with Crippen molar-refractivity contribution in [2.24, 2.45) is 0 Å². The van der Waals surface area contributed by atoms with Crippen LogP contribution in [-0.2, 0) is 9.53 Å². The fraction of sp³-hybridized carbons (Fsp3) is 0.300. The third-order valence-electron chi connectivity index (χ3n) is 3.66. The second-order valence-corrected chi connectivity index (χ2v) is 7.65. The van der Waals surface area contributed by atoms with Crippen LogP contribution >= 0.6 is 23.1 Å². The van der Waals surface area contributed by atoms with E-state index in [1.165, 1.54) is 23.1 Å².